The molecule has 2 rings (SSSR count). The molecule has 94 valence electrons. The zero-order chi connectivity index (χ0) is 13.1. The van der Waals surface area contributed by atoms with E-state index in [0.29, 0.717) is 5.56 Å². The van der Waals surface area contributed by atoms with Gasteiger partial charge in [0.25, 0.3) is 0 Å². The second kappa shape index (κ2) is 5.36. The second-order valence-electron chi connectivity index (χ2n) is 4.46. The summed E-state index contributed by atoms with van der Waals surface area (Å²) < 4.78 is 5.60. The molecule has 0 radical (unpaired) electrons. The van der Waals surface area contributed by atoms with Gasteiger partial charge < -0.3 is 4.74 Å². The van der Waals surface area contributed by atoms with Gasteiger partial charge in [-0.05, 0) is 49.9 Å². The molecule has 18 heavy (non-hydrogen) atoms. The Bertz CT molecular complexity index is 555. The minimum absolute atomic E-state index is 0.0664. The summed E-state index contributed by atoms with van der Waals surface area (Å²) in [7, 11) is 0. The molecular weight excluding hydrogens is 244 g/mol. The van der Waals surface area contributed by atoms with E-state index < -0.39 is 0 Å². The zero-order valence-corrected chi connectivity index (χ0v) is 11.6. The summed E-state index contributed by atoms with van der Waals surface area (Å²) in [5.74, 6) is 0.807. The fourth-order valence-electron chi connectivity index (χ4n) is 1.72. The molecule has 1 aromatic heterocycles. The van der Waals surface area contributed by atoms with E-state index in [1.807, 2.05) is 56.5 Å². The van der Waals surface area contributed by atoms with Crippen LogP contribution in [0.3, 0.4) is 0 Å². The van der Waals surface area contributed by atoms with Crippen LogP contribution in [0.25, 0.3) is 0 Å². The molecule has 0 N–H and O–H groups in total. The molecule has 0 aliphatic carbocycles. The molecular formula is C15H16O2S. The quantitative estimate of drug-likeness (QED) is 0.774. The van der Waals surface area contributed by atoms with Crippen LogP contribution in [-0.2, 0) is 0 Å². The Morgan fingerprint density at radius 2 is 2.06 bits per heavy atom. The highest BCUT2D eigenvalue weighted by Gasteiger charge is 2.13. The number of carbonyl (C=O) groups excluding carboxylic acids is 1. The molecule has 0 aliphatic rings. The van der Waals surface area contributed by atoms with E-state index in [-0.39, 0.29) is 11.9 Å². The van der Waals surface area contributed by atoms with Crippen LogP contribution in [0.4, 0.5) is 0 Å². The Hall–Kier alpha value is -1.61. The maximum Gasteiger partial charge on any atom is 0.203 e. The molecule has 2 aromatic rings. The number of carbonyl (C=O) groups is 1. The Morgan fingerprint density at radius 3 is 2.67 bits per heavy atom. The lowest BCUT2D eigenvalue weighted by atomic mass is 10.1. The number of rotatable bonds is 4. The Balaban J connectivity index is 2.29. The van der Waals surface area contributed by atoms with Crippen LogP contribution in [0.5, 0.6) is 5.75 Å². The van der Waals surface area contributed by atoms with Gasteiger partial charge in [-0.3, -0.25) is 4.79 Å². The zero-order valence-electron chi connectivity index (χ0n) is 10.8. The van der Waals surface area contributed by atoms with Crippen molar-refractivity contribution in [1.82, 2.24) is 0 Å². The molecule has 0 saturated heterocycles. The van der Waals surface area contributed by atoms with Gasteiger partial charge >= 0.3 is 0 Å². The average molecular weight is 260 g/mol. The summed E-state index contributed by atoms with van der Waals surface area (Å²) in [4.78, 5) is 13.1. The summed E-state index contributed by atoms with van der Waals surface area (Å²) in [6.07, 6.45) is 0.110. The van der Waals surface area contributed by atoms with Crippen LogP contribution in [0, 0.1) is 6.92 Å². The van der Waals surface area contributed by atoms with Crippen molar-refractivity contribution in [2.24, 2.45) is 0 Å². The Morgan fingerprint density at radius 1 is 1.28 bits per heavy atom. The van der Waals surface area contributed by atoms with E-state index >= 15 is 0 Å². The van der Waals surface area contributed by atoms with Gasteiger partial charge in [0.2, 0.25) is 5.78 Å². The molecule has 1 aromatic carbocycles. The van der Waals surface area contributed by atoms with Gasteiger partial charge in [-0.25, -0.2) is 0 Å². The van der Waals surface area contributed by atoms with Crippen LogP contribution >= 0.6 is 11.3 Å². The minimum atomic E-state index is 0.0664. The van der Waals surface area contributed by atoms with Gasteiger partial charge in [0.05, 0.1) is 11.0 Å². The van der Waals surface area contributed by atoms with E-state index in [2.05, 4.69) is 0 Å². The van der Waals surface area contributed by atoms with Crippen LogP contribution < -0.4 is 4.74 Å². The first-order chi connectivity index (χ1) is 8.58. The lowest BCUT2D eigenvalue weighted by molar-refractivity contribution is 0.104. The van der Waals surface area contributed by atoms with Crippen molar-refractivity contribution in [2.75, 3.05) is 0 Å². The van der Waals surface area contributed by atoms with E-state index in [4.69, 9.17) is 4.74 Å². The van der Waals surface area contributed by atoms with Gasteiger partial charge in [0, 0.05) is 5.56 Å². The topological polar surface area (TPSA) is 26.3 Å². The Labute approximate surface area is 111 Å². The summed E-state index contributed by atoms with van der Waals surface area (Å²) in [5.41, 5.74) is 1.71. The normalized spacial score (nSPS) is 10.7. The highest BCUT2D eigenvalue weighted by molar-refractivity contribution is 7.12. The summed E-state index contributed by atoms with van der Waals surface area (Å²) in [5, 5.41) is 1.94. The number of benzene rings is 1. The first kappa shape index (κ1) is 12.8. The van der Waals surface area contributed by atoms with Gasteiger partial charge in [0.15, 0.2) is 0 Å². The largest absolute Gasteiger partial charge is 0.491 e. The standard InChI is InChI=1S/C15H16O2S/c1-10(2)17-13-6-4-5-12(9-13)14(16)15-11(3)7-8-18-15/h4-10H,1-3H3. The van der Waals surface area contributed by atoms with E-state index in [1.54, 1.807) is 0 Å². The molecule has 1 heterocycles. The van der Waals surface area contributed by atoms with Crippen molar-refractivity contribution in [3.63, 3.8) is 0 Å². The molecule has 0 aliphatic heterocycles. The van der Waals surface area contributed by atoms with Crippen LogP contribution in [0.15, 0.2) is 35.7 Å². The van der Waals surface area contributed by atoms with Gasteiger partial charge in [-0.1, -0.05) is 12.1 Å². The third kappa shape index (κ3) is 2.79. The SMILES string of the molecule is Cc1ccsc1C(=O)c1cccc(OC(C)C)c1. The number of ketones is 1. The third-order valence-electron chi connectivity index (χ3n) is 2.54. The van der Waals surface area contributed by atoms with Crippen LogP contribution in [0.1, 0.15) is 34.6 Å². The summed E-state index contributed by atoms with van der Waals surface area (Å²) in [6, 6.07) is 9.33. The molecule has 2 nitrogen and oxygen atoms in total. The van der Waals surface area contributed by atoms with Crippen molar-refractivity contribution in [3.8, 4) is 5.75 Å². The van der Waals surface area contributed by atoms with Crippen LogP contribution in [-0.4, -0.2) is 11.9 Å². The lowest BCUT2D eigenvalue weighted by Crippen LogP contribution is -2.07. The van der Waals surface area contributed by atoms with Gasteiger partial charge in [-0.2, -0.15) is 0 Å². The molecule has 0 atom stereocenters. The minimum Gasteiger partial charge on any atom is -0.491 e. The summed E-state index contributed by atoms with van der Waals surface area (Å²) >= 11 is 1.48. The lowest BCUT2D eigenvalue weighted by Gasteiger charge is -2.10. The number of aryl methyl sites for hydroxylation is 1. The predicted octanol–water partition coefficient (Wildman–Crippen LogP) is 4.07. The van der Waals surface area contributed by atoms with Crippen LogP contribution in [0.2, 0.25) is 0 Å². The van der Waals surface area contributed by atoms with E-state index in [0.717, 1.165) is 16.2 Å². The summed E-state index contributed by atoms with van der Waals surface area (Å²) in [6.45, 7) is 5.90. The fraction of sp³-hybridized carbons (Fsp3) is 0.267. The fourth-order valence-corrected chi connectivity index (χ4v) is 2.61. The van der Waals surface area contributed by atoms with Gasteiger partial charge in [0.1, 0.15) is 5.75 Å². The number of thiophene rings is 1. The van der Waals surface area contributed by atoms with E-state index in [9.17, 15) is 4.79 Å². The number of hydrogen-bond acceptors (Lipinski definition) is 3. The van der Waals surface area contributed by atoms with Crippen molar-refractivity contribution < 1.29 is 9.53 Å². The highest BCUT2D eigenvalue weighted by Crippen LogP contribution is 2.22. The van der Waals surface area contributed by atoms with Crippen molar-refractivity contribution in [3.05, 3.63) is 51.7 Å². The first-order valence-corrected chi connectivity index (χ1v) is 6.81. The highest BCUT2D eigenvalue weighted by atomic mass is 32.1. The predicted molar refractivity (Wildman–Crippen MR) is 74.7 cm³/mol. The van der Waals surface area contributed by atoms with Crippen molar-refractivity contribution in [1.29, 1.82) is 0 Å². The van der Waals surface area contributed by atoms with Crippen molar-refractivity contribution >= 4 is 17.1 Å². The Kier molecular flexibility index (Phi) is 3.82. The van der Waals surface area contributed by atoms with Crippen molar-refractivity contribution in [2.45, 2.75) is 26.9 Å². The third-order valence-corrected chi connectivity index (χ3v) is 3.55. The van der Waals surface area contributed by atoms with Gasteiger partial charge in [-0.15, -0.1) is 11.3 Å². The molecule has 0 fully saturated rings. The molecule has 0 spiro atoms. The molecule has 3 heteroatoms. The molecule has 0 saturated carbocycles. The average Bonchev–Trinajstić information content (AvgIpc) is 2.74. The monoisotopic (exact) mass is 260 g/mol. The number of hydrogen-bond donors (Lipinski definition) is 0. The molecule has 0 amide bonds. The maximum absolute atomic E-state index is 12.3. The van der Waals surface area contributed by atoms with E-state index in [1.165, 1.54) is 11.3 Å². The smallest absolute Gasteiger partial charge is 0.203 e. The molecule has 0 bridgehead atoms. The second-order valence-corrected chi connectivity index (χ2v) is 5.37. The number of ether oxygens (including phenoxy) is 1. The maximum atomic E-state index is 12.3. The molecule has 0 unspecified atom stereocenters. The first-order valence-electron chi connectivity index (χ1n) is 5.93.